The summed E-state index contributed by atoms with van der Waals surface area (Å²) >= 11 is 6.70. The van der Waals surface area contributed by atoms with Crippen molar-refractivity contribution < 1.29 is 28.5 Å². The second kappa shape index (κ2) is 9.94. The van der Waals surface area contributed by atoms with Gasteiger partial charge in [0, 0.05) is 33.0 Å². The van der Waals surface area contributed by atoms with Crippen LogP contribution >= 0.6 is 11.6 Å². The summed E-state index contributed by atoms with van der Waals surface area (Å²) in [6.07, 6.45) is 3.14. The molecule has 0 amide bonds. The molecular weight excluding hydrogens is 468 g/mol. The van der Waals surface area contributed by atoms with Crippen molar-refractivity contribution in [2.45, 2.75) is 51.4 Å². The van der Waals surface area contributed by atoms with Gasteiger partial charge in [-0.2, -0.15) is 0 Å². The Bertz CT molecular complexity index is 1220. The van der Waals surface area contributed by atoms with Gasteiger partial charge in [-0.15, -0.1) is 0 Å². The molecule has 186 valence electrons. The highest BCUT2D eigenvalue weighted by molar-refractivity contribution is 6.36. The lowest BCUT2D eigenvalue weighted by atomic mass is 9.78. The second-order valence-corrected chi connectivity index (χ2v) is 10.0. The van der Waals surface area contributed by atoms with Crippen LogP contribution in [0.5, 0.6) is 11.5 Å². The van der Waals surface area contributed by atoms with Crippen LogP contribution in [0.2, 0.25) is 5.02 Å². The summed E-state index contributed by atoms with van der Waals surface area (Å²) in [6, 6.07) is 5.69. The van der Waals surface area contributed by atoms with Crippen molar-refractivity contribution in [2.24, 2.45) is 0 Å². The lowest BCUT2D eigenvalue weighted by molar-refractivity contribution is -0.140. The third kappa shape index (κ3) is 4.76. The minimum absolute atomic E-state index is 0.0370. The Morgan fingerprint density at radius 1 is 1.00 bits per heavy atom. The van der Waals surface area contributed by atoms with E-state index in [9.17, 15) is 9.59 Å². The van der Waals surface area contributed by atoms with Crippen LogP contribution < -0.4 is 9.47 Å². The van der Waals surface area contributed by atoms with Crippen LogP contribution in [-0.4, -0.2) is 38.4 Å². The molecule has 0 radical (unpaired) electrons. The van der Waals surface area contributed by atoms with Crippen molar-refractivity contribution >= 4 is 34.3 Å². The number of hydrogen-bond donors (Lipinski definition) is 0. The minimum atomic E-state index is -0.440. The summed E-state index contributed by atoms with van der Waals surface area (Å²) in [5.41, 5.74) is 2.93. The Hall–Kier alpha value is -2.99. The molecule has 7 heteroatoms. The van der Waals surface area contributed by atoms with E-state index in [0.717, 1.165) is 52.7 Å². The van der Waals surface area contributed by atoms with Crippen LogP contribution in [-0.2, 0) is 24.5 Å². The van der Waals surface area contributed by atoms with Gasteiger partial charge in [0.15, 0.2) is 0 Å². The molecule has 2 aromatic rings. The zero-order valence-corrected chi connectivity index (χ0v) is 21.3. The number of carbonyl (C=O) groups excluding carboxylic acids is 2. The summed E-state index contributed by atoms with van der Waals surface area (Å²) in [5.74, 6) is 0.974. The van der Waals surface area contributed by atoms with E-state index in [1.807, 2.05) is 18.2 Å². The van der Waals surface area contributed by atoms with Crippen molar-refractivity contribution in [3.63, 3.8) is 0 Å². The van der Waals surface area contributed by atoms with Crippen LogP contribution in [0.3, 0.4) is 0 Å². The molecule has 4 rings (SSSR count). The zero-order chi connectivity index (χ0) is 25.3. The molecule has 0 spiro atoms. The van der Waals surface area contributed by atoms with Crippen LogP contribution in [0, 0.1) is 0 Å². The molecule has 0 heterocycles. The van der Waals surface area contributed by atoms with Gasteiger partial charge in [0.25, 0.3) is 0 Å². The van der Waals surface area contributed by atoms with Gasteiger partial charge in [-0.1, -0.05) is 43.8 Å². The fourth-order valence-electron chi connectivity index (χ4n) is 5.25. The predicted molar refractivity (Wildman–Crippen MR) is 135 cm³/mol. The third-order valence-electron chi connectivity index (χ3n) is 6.80. The van der Waals surface area contributed by atoms with Crippen molar-refractivity contribution in [1.82, 2.24) is 0 Å². The number of fused-ring (bicyclic) bond motifs is 6. The molecule has 2 aliphatic rings. The quantitative estimate of drug-likeness (QED) is 0.226. The van der Waals surface area contributed by atoms with Crippen molar-refractivity contribution in [3.8, 4) is 11.5 Å². The number of rotatable bonds is 10. The Kier molecular flexibility index (Phi) is 7.13. The molecule has 0 aliphatic heterocycles. The van der Waals surface area contributed by atoms with Gasteiger partial charge in [0.1, 0.15) is 37.9 Å². The molecule has 0 saturated heterocycles. The van der Waals surface area contributed by atoms with E-state index in [2.05, 4.69) is 20.1 Å². The number of hydrogen-bond acceptors (Lipinski definition) is 6. The highest BCUT2D eigenvalue weighted by Gasteiger charge is 2.50. The Balaban J connectivity index is 1.69. The average molecular weight is 499 g/mol. The van der Waals surface area contributed by atoms with E-state index in [-0.39, 0.29) is 31.8 Å². The summed E-state index contributed by atoms with van der Waals surface area (Å²) < 4.78 is 23.0. The lowest BCUT2D eigenvalue weighted by Crippen LogP contribution is -2.20. The molecule has 2 unspecified atom stereocenters. The smallest absolute Gasteiger partial charge is 0.333 e. The summed E-state index contributed by atoms with van der Waals surface area (Å²) in [5, 5.41) is 2.19. The standard InChI is InChI=1S/C28H31ClO6/c1-16(2)26(30)34-13-11-32-24-19-7-6-8-20(29)22(19)25(33-12-14-35-27(31)17(3)4)21-18-9-10-28(5,15-18)23(21)24/h6-8,18H,1,3,9-15H2,2,4-5H3. The fourth-order valence-corrected chi connectivity index (χ4v) is 5.52. The molecule has 1 fully saturated rings. The highest BCUT2D eigenvalue weighted by Crippen LogP contribution is 2.64. The van der Waals surface area contributed by atoms with Gasteiger partial charge in [0.05, 0.1) is 5.02 Å². The highest BCUT2D eigenvalue weighted by atomic mass is 35.5. The first-order valence-electron chi connectivity index (χ1n) is 11.8. The van der Waals surface area contributed by atoms with E-state index in [1.165, 1.54) is 0 Å². The topological polar surface area (TPSA) is 71.1 Å². The summed E-state index contributed by atoms with van der Waals surface area (Å²) in [7, 11) is 0. The summed E-state index contributed by atoms with van der Waals surface area (Å²) in [6.45, 7) is 13.3. The first kappa shape index (κ1) is 25.1. The molecule has 1 saturated carbocycles. The molecular formula is C28H31ClO6. The van der Waals surface area contributed by atoms with E-state index in [4.69, 9.17) is 30.5 Å². The van der Waals surface area contributed by atoms with Gasteiger partial charge in [-0.05, 0) is 50.5 Å². The maximum absolute atomic E-state index is 11.8. The largest absolute Gasteiger partial charge is 0.489 e. The normalized spacial score (nSPS) is 19.8. The lowest BCUT2D eigenvalue weighted by Gasteiger charge is -2.30. The first-order chi connectivity index (χ1) is 16.6. The Morgan fingerprint density at radius 2 is 1.60 bits per heavy atom. The van der Waals surface area contributed by atoms with Gasteiger partial charge >= 0.3 is 11.9 Å². The maximum atomic E-state index is 11.8. The monoisotopic (exact) mass is 498 g/mol. The van der Waals surface area contributed by atoms with Crippen LogP contribution in [0.15, 0.2) is 42.5 Å². The molecule has 35 heavy (non-hydrogen) atoms. The minimum Gasteiger partial charge on any atom is -0.489 e. The van der Waals surface area contributed by atoms with Crippen molar-refractivity contribution in [3.05, 3.63) is 58.7 Å². The molecule has 0 aromatic heterocycles. The molecule has 2 aliphatic carbocycles. The molecule has 6 nitrogen and oxygen atoms in total. The number of esters is 2. The van der Waals surface area contributed by atoms with Crippen LogP contribution in [0.4, 0.5) is 0 Å². The van der Waals surface area contributed by atoms with Crippen LogP contribution in [0.25, 0.3) is 10.8 Å². The SMILES string of the molecule is C=C(C)C(=O)OCCOc1c2c(c(OCCOC(=O)C(=C)C)c3c(Cl)cccc13)C1CCC2(C)C1. The molecule has 2 aromatic carbocycles. The zero-order valence-electron chi connectivity index (χ0n) is 20.5. The predicted octanol–water partition coefficient (Wildman–Crippen LogP) is 6.03. The number of benzene rings is 2. The first-order valence-corrected chi connectivity index (χ1v) is 12.2. The number of halogens is 1. The molecule has 2 bridgehead atoms. The number of ether oxygens (including phenoxy) is 4. The van der Waals surface area contributed by atoms with E-state index >= 15 is 0 Å². The Morgan fingerprint density at radius 3 is 2.20 bits per heavy atom. The average Bonchev–Trinajstić information content (AvgIpc) is 3.34. The van der Waals surface area contributed by atoms with E-state index < -0.39 is 11.9 Å². The van der Waals surface area contributed by atoms with E-state index in [1.54, 1.807) is 13.8 Å². The van der Waals surface area contributed by atoms with Gasteiger partial charge in [0.2, 0.25) is 0 Å². The van der Waals surface area contributed by atoms with Gasteiger partial charge < -0.3 is 18.9 Å². The van der Waals surface area contributed by atoms with Crippen molar-refractivity contribution in [2.75, 3.05) is 26.4 Å². The summed E-state index contributed by atoms with van der Waals surface area (Å²) in [4.78, 5) is 23.5. The molecule has 2 atom stereocenters. The van der Waals surface area contributed by atoms with Gasteiger partial charge in [-0.3, -0.25) is 0 Å². The second-order valence-electron chi connectivity index (χ2n) is 9.64. The van der Waals surface area contributed by atoms with Gasteiger partial charge in [-0.25, -0.2) is 9.59 Å². The molecule has 0 N–H and O–H groups in total. The van der Waals surface area contributed by atoms with E-state index in [0.29, 0.717) is 22.1 Å². The third-order valence-corrected chi connectivity index (χ3v) is 7.12. The van der Waals surface area contributed by atoms with Crippen molar-refractivity contribution in [1.29, 1.82) is 0 Å². The Labute approximate surface area is 210 Å². The maximum Gasteiger partial charge on any atom is 0.333 e. The number of carbonyl (C=O) groups is 2. The van der Waals surface area contributed by atoms with Crippen LogP contribution in [0.1, 0.15) is 57.1 Å². The fraction of sp³-hybridized carbons (Fsp3) is 0.429.